The van der Waals surface area contributed by atoms with E-state index in [1.807, 2.05) is 74.5 Å². The van der Waals surface area contributed by atoms with E-state index < -0.39 is 24.0 Å². The molecule has 2 N–H and O–H groups in total. The van der Waals surface area contributed by atoms with Crippen molar-refractivity contribution >= 4 is 18.0 Å². The largest absolute Gasteiger partial charge is 0.460 e. The van der Waals surface area contributed by atoms with Gasteiger partial charge in [0.15, 0.2) is 0 Å². The van der Waals surface area contributed by atoms with Crippen LogP contribution >= 0.6 is 0 Å². The lowest BCUT2D eigenvalue weighted by Crippen LogP contribution is -2.51. The van der Waals surface area contributed by atoms with Crippen molar-refractivity contribution in [1.29, 1.82) is 0 Å². The third kappa shape index (κ3) is 7.95. The van der Waals surface area contributed by atoms with Crippen molar-refractivity contribution in [2.45, 2.75) is 39.5 Å². The van der Waals surface area contributed by atoms with E-state index in [1.165, 1.54) is 0 Å². The SMILES string of the molecule is CC[C@@H](C)[C@@H](NC(=O)OCc1ccccc1)C(=O)NCC(=O)OCc1ccccc1. The molecule has 0 spiro atoms. The zero-order valence-corrected chi connectivity index (χ0v) is 17.3. The summed E-state index contributed by atoms with van der Waals surface area (Å²) in [5.74, 6) is -1.16. The number of rotatable bonds is 10. The van der Waals surface area contributed by atoms with E-state index in [1.54, 1.807) is 0 Å². The van der Waals surface area contributed by atoms with Gasteiger partial charge in [-0.05, 0) is 17.0 Å². The minimum Gasteiger partial charge on any atom is -0.460 e. The number of hydrogen-bond donors (Lipinski definition) is 2. The summed E-state index contributed by atoms with van der Waals surface area (Å²) < 4.78 is 10.3. The van der Waals surface area contributed by atoms with Crippen molar-refractivity contribution in [2.24, 2.45) is 5.92 Å². The summed E-state index contributed by atoms with van der Waals surface area (Å²) in [5, 5.41) is 5.12. The molecule has 0 saturated heterocycles. The fourth-order valence-corrected chi connectivity index (χ4v) is 2.65. The first kappa shape index (κ1) is 22.9. The molecule has 7 heteroatoms. The molecule has 0 bridgehead atoms. The van der Waals surface area contributed by atoms with E-state index in [9.17, 15) is 14.4 Å². The Morgan fingerprint density at radius 2 is 1.40 bits per heavy atom. The molecule has 2 atom stereocenters. The number of ether oxygens (including phenoxy) is 2. The normalized spacial score (nSPS) is 12.3. The first-order valence-corrected chi connectivity index (χ1v) is 9.94. The Balaban J connectivity index is 1.80. The van der Waals surface area contributed by atoms with E-state index >= 15 is 0 Å². The van der Waals surface area contributed by atoms with Gasteiger partial charge in [0, 0.05) is 0 Å². The molecule has 0 aliphatic carbocycles. The van der Waals surface area contributed by atoms with Crippen LogP contribution in [0.5, 0.6) is 0 Å². The second-order valence-corrected chi connectivity index (χ2v) is 6.93. The Hall–Kier alpha value is -3.35. The number of amides is 2. The molecule has 0 aliphatic heterocycles. The van der Waals surface area contributed by atoms with Crippen LogP contribution in [-0.2, 0) is 32.3 Å². The number of nitrogens with one attached hydrogen (secondary N) is 2. The lowest BCUT2D eigenvalue weighted by atomic mass is 9.98. The zero-order valence-electron chi connectivity index (χ0n) is 17.3. The van der Waals surface area contributed by atoms with Gasteiger partial charge in [-0.25, -0.2) is 4.79 Å². The van der Waals surface area contributed by atoms with Crippen LogP contribution in [-0.4, -0.2) is 30.6 Å². The van der Waals surface area contributed by atoms with Gasteiger partial charge in [0.1, 0.15) is 25.8 Å². The average molecular weight is 412 g/mol. The van der Waals surface area contributed by atoms with Crippen LogP contribution in [0.2, 0.25) is 0 Å². The summed E-state index contributed by atoms with van der Waals surface area (Å²) in [6.45, 7) is 3.71. The Labute approximate surface area is 176 Å². The van der Waals surface area contributed by atoms with E-state index in [-0.39, 0.29) is 25.7 Å². The molecule has 2 amide bonds. The van der Waals surface area contributed by atoms with Crippen molar-refractivity contribution in [3.05, 3.63) is 71.8 Å². The summed E-state index contributed by atoms with van der Waals surface area (Å²) in [5.41, 5.74) is 1.70. The average Bonchev–Trinajstić information content (AvgIpc) is 2.79. The molecule has 0 aromatic heterocycles. The maximum atomic E-state index is 12.5. The highest BCUT2D eigenvalue weighted by atomic mass is 16.5. The summed E-state index contributed by atoms with van der Waals surface area (Å²) in [7, 11) is 0. The van der Waals surface area contributed by atoms with Crippen molar-refractivity contribution in [3.63, 3.8) is 0 Å². The number of benzene rings is 2. The molecule has 0 aliphatic rings. The molecule has 0 saturated carbocycles. The number of carbonyl (C=O) groups is 3. The first-order chi connectivity index (χ1) is 14.5. The molecular formula is C23H28N2O5. The molecule has 30 heavy (non-hydrogen) atoms. The smallest absolute Gasteiger partial charge is 0.408 e. The zero-order chi connectivity index (χ0) is 21.8. The standard InChI is InChI=1S/C23H28N2O5/c1-3-17(2)21(25-23(28)30-16-19-12-8-5-9-13-19)22(27)24-14-20(26)29-15-18-10-6-4-7-11-18/h4-13,17,21H,3,14-16H2,1-2H3,(H,24,27)(H,25,28)/t17-,21-/m1/s1. The molecule has 160 valence electrons. The Kier molecular flexibility index (Phi) is 9.37. The molecule has 0 fully saturated rings. The molecule has 2 aromatic rings. The molecule has 2 rings (SSSR count). The Morgan fingerprint density at radius 3 is 1.93 bits per heavy atom. The Bertz CT molecular complexity index is 811. The topological polar surface area (TPSA) is 93.7 Å². The van der Waals surface area contributed by atoms with Crippen molar-refractivity contribution in [1.82, 2.24) is 10.6 Å². The second kappa shape index (κ2) is 12.3. The van der Waals surface area contributed by atoms with Gasteiger partial charge in [0.2, 0.25) is 5.91 Å². The maximum Gasteiger partial charge on any atom is 0.408 e. The molecular weight excluding hydrogens is 384 g/mol. The highest BCUT2D eigenvalue weighted by Crippen LogP contribution is 2.09. The fraction of sp³-hybridized carbons (Fsp3) is 0.348. The van der Waals surface area contributed by atoms with Gasteiger partial charge < -0.3 is 20.1 Å². The molecule has 0 unspecified atom stereocenters. The van der Waals surface area contributed by atoms with Gasteiger partial charge in [0.25, 0.3) is 0 Å². The van der Waals surface area contributed by atoms with Gasteiger partial charge >= 0.3 is 12.1 Å². The number of esters is 1. The van der Waals surface area contributed by atoms with E-state index in [4.69, 9.17) is 9.47 Å². The van der Waals surface area contributed by atoms with Crippen LogP contribution in [0.15, 0.2) is 60.7 Å². The van der Waals surface area contributed by atoms with Gasteiger partial charge in [-0.3, -0.25) is 9.59 Å². The summed E-state index contributed by atoms with van der Waals surface area (Å²) >= 11 is 0. The first-order valence-electron chi connectivity index (χ1n) is 9.94. The highest BCUT2D eigenvalue weighted by molar-refractivity contribution is 5.88. The van der Waals surface area contributed by atoms with Gasteiger partial charge in [-0.1, -0.05) is 80.9 Å². The molecule has 0 heterocycles. The number of hydrogen-bond acceptors (Lipinski definition) is 5. The number of carbonyl (C=O) groups excluding carboxylic acids is 3. The van der Waals surface area contributed by atoms with Gasteiger partial charge in [-0.15, -0.1) is 0 Å². The molecule has 2 aromatic carbocycles. The van der Waals surface area contributed by atoms with Crippen molar-refractivity contribution < 1.29 is 23.9 Å². The van der Waals surface area contributed by atoms with E-state index in [0.29, 0.717) is 6.42 Å². The van der Waals surface area contributed by atoms with E-state index in [2.05, 4.69) is 10.6 Å². The summed E-state index contributed by atoms with van der Waals surface area (Å²) in [6, 6.07) is 17.7. The highest BCUT2D eigenvalue weighted by Gasteiger charge is 2.27. The third-order valence-electron chi connectivity index (χ3n) is 4.63. The predicted octanol–water partition coefficient (Wildman–Crippen LogP) is 3.19. The lowest BCUT2D eigenvalue weighted by Gasteiger charge is -2.23. The van der Waals surface area contributed by atoms with Gasteiger partial charge in [-0.2, -0.15) is 0 Å². The monoisotopic (exact) mass is 412 g/mol. The van der Waals surface area contributed by atoms with Crippen molar-refractivity contribution in [2.75, 3.05) is 6.54 Å². The minimum atomic E-state index is -0.819. The quantitative estimate of drug-likeness (QED) is 0.585. The fourth-order valence-electron chi connectivity index (χ4n) is 2.65. The molecule has 7 nitrogen and oxygen atoms in total. The minimum absolute atomic E-state index is 0.104. The van der Waals surface area contributed by atoms with Crippen molar-refractivity contribution in [3.8, 4) is 0 Å². The van der Waals surface area contributed by atoms with E-state index in [0.717, 1.165) is 11.1 Å². The van der Waals surface area contributed by atoms with Crippen LogP contribution in [0.3, 0.4) is 0 Å². The number of alkyl carbamates (subject to hydrolysis) is 1. The van der Waals surface area contributed by atoms with Crippen LogP contribution in [0.4, 0.5) is 4.79 Å². The van der Waals surface area contributed by atoms with Crippen LogP contribution in [0.25, 0.3) is 0 Å². The van der Waals surface area contributed by atoms with Crippen LogP contribution in [0, 0.1) is 5.92 Å². The Morgan fingerprint density at radius 1 is 0.867 bits per heavy atom. The molecule has 0 radical (unpaired) electrons. The summed E-state index contributed by atoms with van der Waals surface area (Å²) in [4.78, 5) is 36.6. The second-order valence-electron chi connectivity index (χ2n) is 6.93. The maximum absolute atomic E-state index is 12.5. The van der Waals surface area contributed by atoms with Crippen LogP contribution < -0.4 is 10.6 Å². The summed E-state index contributed by atoms with van der Waals surface area (Å²) in [6.07, 6.45) is -0.0267. The third-order valence-corrected chi connectivity index (χ3v) is 4.63. The van der Waals surface area contributed by atoms with Crippen LogP contribution in [0.1, 0.15) is 31.4 Å². The lowest BCUT2D eigenvalue weighted by molar-refractivity contribution is -0.145. The van der Waals surface area contributed by atoms with Gasteiger partial charge in [0.05, 0.1) is 0 Å². The predicted molar refractivity (Wildman–Crippen MR) is 112 cm³/mol.